The minimum Gasteiger partial charge on any atom is -0.383 e. The van der Waals surface area contributed by atoms with Crippen LogP contribution in [0.25, 0.3) is 16.9 Å². The average molecular weight is 335 g/mol. The molecule has 0 saturated heterocycles. The number of nitrogens with two attached hydrogens (primary N) is 1. The van der Waals surface area contributed by atoms with Gasteiger partial charge in [0.1, 0.15) is 5.82 Å². The molecule has 0 saturated carbocycles. The molecule has 104 valence electrons. The van der Waals surface area contributed by atoms with Crippen molar-refractivity contribution in [3.05, 3.63) is 28.5 Å². The number of nitrogen functional groups attached to an aromatic ring is 1. The number of fused-ring (bicyclic) bond motifs is 1. The third-order valence-electron chi connectivity index (χ3n) is 3.02. The number of hydrogen-bond donors (Lipinski definition) is 2. The molecule has 0 bridgehead atoms. The Hall–Kier alpha value is -1.89. The van der Waals surface area contributed by atoms with E-state index >= 15 is 0 Å². The SMILES string of the molecule is CC(C)Cc1nn(-c2ccc(Br)cn2)c2n[nH]c(N)c12. The largest absolute Gasteiger partial charge is 0.383 e. The van der Waals surface area contributed by atoms with Crippen LogP contribution in [0.2, 0.25) is 0 Å². The summed E-state index contributed by atoms with van der Waals surface area (Å²) in [6.07, 6.45) is 2.59. The number of nitrogens with zero attached hydrogens (tertiary/aromatic N) is 4. The number of H-pyrrole nitrogens is 1. The quantitative estimate of drug-likeness (QED) is 0.771. The van der Waals surface area contributed by atoms with Crippen molar-refractivity contribution in [1.29, 1.82) is 0 Å². The fraction of sp³-hybridized carbons (Fsp3) is 0.308. The van der Waals surface area contributed by atoms with Crippen LogP contribution in [0, 0.1) is 5.92 Å². The molecule has 3 N–H and O–H groups in total. The molecule has 0 aliphatic carbocycles. The summed E-state index contributed by atoms with van der Waals surface area (Å²) in [7, 11) is 0. The second-order valence-electron chi connectivity index (χ2n) is 5.13. The van der Waals surface area contributed by atoms with Crippen LogP contribution in [0.1, 0.15) is 19.5 Å². The molecule has 3 rings (SSSR count). The van der Waals surface area contributed by atoms with Crippen molar-refractivity contribution in [2.45, 2.75) is 20.3 Å². The second-order valence-corrected chi connectivity index (χ2v) is 6.04. The predicted octanol–water partition coefficient (Wildman–Crippen LogP) is 2.69. The highest BCUT2D eigenvalue weighted by Gasteiger charge is 2.18. The van der Waals surface area contributed by atoms with E-state index in [2.05, 4.69) is 50.1 Å². The first-order valence-electron chi connectivity index (χ1n) is 6.39. The number of hydrogen-bond acceptors (Lipinski definition) is 4. The van der Waals surface area contributed by atoms with E-state index in [-0.39, 0.29) is 0 Å². The summed E-state index contributed by atoms with van der Waals surface area (Å²) in [5, 5.41) is 12.6. The summed E-state index contributed by atoms with van der Waals surface area (Å²) >= 11 is 3.38. The van der Waals surface area contributed by atoms with Gasteiger partial charge in [-0.3, -0.25) is 5.10 Å². The molecule has 3 heterocycles. The van der Waals surface area contributed by atoms with Crippen molar-refractivity contribution >= 4 is 32.8 Å². The number of halogens is 1. The Balaban J connectivity index is 2.18. The van der Waals surface area contributed by atoms with Crippen LogP contribution in [0.5, 0.6) is 0 Å². The maximum Gasteiger partial charge on any atom is 0.188 e. The van der Waals surface area contributed by atoms with E-state index in [9.17, 15) is 0 Å². The van der Waals surface area contributed by atoms with Crippen molar-refractivity contribution in [2.75, 3.05) is 5.73 Å². The van der Waals surface area contributed by atoms with Crippen LogP contribution in [0.4, 0.5) is 5.82 Å². The number of nitrogens with one attached hydrogen (secondary N) is 1. The molecule has 7 heteroatoms. The maximum atomic E-state index is 5.97. The molecular formula is C13H15BrN6. The van der Waals surface area contributed by atoms with Gasteiger partial charge in [-0.2, -0.15) is 14.9 Å². The van der Waals surface area contributed by atoms with Crippen LogP contribution in [-0.4, -0.2) is 25.0 Å². The Kier molecular flexibility index (Phi) is 3.21. The van der Waals surface area contributed by atoms with E-state index in [0.29, 0.717) is 17.4 Å². The van der Waals surface area contributed by atoms with E-state index in [0.717, 1.165) is 27.8 Å². The monoisotopic (exact) mass is 334 g/mol. The molecule has 0 radical (unpaired) electrons. The van der Waals surface area contributed by atoms with Gasteiger partial charge in [0.25, 0.3) is 0 Å². The predicted molar refractivity (Wildman–Crippen MR) is 81.7 cm³/mol. The topological polar surface area (TPSA) is 85.4 Å². The van der Waals surface area contributed by atoms with Gasteiger partial charge in [0.2, 0.25) is 0 Å². The van der Waals surface area contributed by atoms with Gasteiger partial charge in [-0.15, -0.1) is 0 Å². The summed E-state index contributed by atoms with van der Waals surface area (Å²) < 4.78 is 2.65. The van der Waals surface area contributed by atoms with E-state index in [1.807, 2.05) is 12.1 Å². The van der Waals surface area contributed by atoms with Gasteiger partial charge < -0.3 is 5.73 Å². The van der Waals surface area contributed by atoms with Crippen LogP contribution in [-0.2, 0) is 6.42 Å². The molecule has 0 fully saturated rings. The first-order chi connectivity index (χ1) is 9.56. The molecule has 0 unspecified atom stereocenters. The van der Waals surface area contributed by atoms with Crippen LogP contribution in [0.15, 0.2) is 22.8 Å². The van der Waals surface area contributed by atoms with Crippen molar-refractivity contribution < 1.29 is 0 Å². The average Bonchev–Trinajstić information content (AvgIpc) is 2.93. The number of pyridine rings is 1. The van der Waals surface area contributed by atoms with Gasteiger partial charge in [-0.1, -0.05) is 13.8 Å². The lowest BCUT2D eigenvalue weighted by Crippen LogP contribution is -2.02. The lowest BCUT2D eigenvalue weighted by Gasteiger charge is -2.02. The third kappa shape index (κ3) is 2.18. The molecule has 0 aromatic carbocycles. The number of aromatic nitrogens is 5. The second kappa shape index (κ2) is 4.90. The lowest BCUT2D eigenvalue weighted by atomic mass is 10.1. The zero-order chi connectivity index (χ0) is 14.3. The van der Waals surface area contributed by atoms with Gasteiger partial charge in [-0.05, 0) is 40.4 Å². The van der Waals surface area contributed by atoms with Crippen LogP contribution in [0.3, 0.4) is 0 Å². The van der Waals surface area contributed by atoms with Crippen LogP contribution >= 0.6 is 15.9 Å². The first kappa shape index (κ1) is 13.1. The summed E-state index contributed by atoms with van der Waals surface area (Å²) in [4.78, 5) is 4.36. The smallest absolute Gasteiger partial charge is 0.188 e. The van der Waals surface area contributed by atoms with Crippen molar-refractivity contribution in [3.63, 3.8) is 0 Å². The molecule has 0 atom stereocenters. The fourth-order valence-corrected chi connectivity index (χ4v) is 2.42. The fourth-order valence-electron chi connectivity index (χ4n) is 2.18. The highest BCUT2D eigenvalue weighted by molar-refractivity contribution is 9.10. The minimum absolute atomic E-state index is 0.494. The van der Waals surface area contributed by atoms with E-state index in [1.54, 1.807) is 10.9 Å². The molecule has 0 spiro atoms. The van der Waals surface area contributed by atoms with Crippen molar-refractivity contribution in [1.82, 2.24) is 25.0 Å². The Morgan fingerprint density at radius 1 is 1.40 bits per heavy atom. The molecule has 0 aliphatic heterocycles. The Morgan fingerprint density at radius 2 is 2.20 bits per heavy atom. The normalized spacial score (nSPS) is 11.6. The summed E-state index contributed by atoms with van der Waals surface area (Å²) in [6, 6.07) is 3.81. The Bertz CT molecular complexity index is 740. The molecule has 0 amide bonds. The molecule has 3 aromatic heterocycles. The van der Waals surface area contributed by atoms with E-state index < -0.39 is 0 Å². The van der Waals surface area contributed by atoms with E-state index in [1.165, 1.54) is 0 Å². The summed E-state index contributed by atoms with van der Waals surface area (Å²) in [6.45, 7) is 4.30. The number of rotatable bonds is 3. The summed E-state index contributed by atoms with van der Waals surface area (Å²) in [5.74, 6) is 1.77. The Morgan fingerprint density at radius 3 is 2.85 bits per heavy atom. The first-order valence-corrected chi connectivity index (χ1v) is 7.19. The van der Waals surface area contributed by atoms with Crippen molar-refractivity contribution in [2.24, 2.45) is 5.92 Å². The molecular weight excluding hydrogens is 320 g/mol. The van der Waals surface area contributed by atoms with Gasteiger partial charge in [0.05, 0.1) is 11.1 Å². The highest BCUT2D eigenvalue weighted by atomic mass is 79.9. The number of anilines is 1. The zero-order valence-corrected chi connectivity index (χ0v) is 12.8. The molecule has 20 heavy (non-hydrogen) atoms. The molecule has 0 aliphatic rings. The lowest BCUT2D eigenvalue weighted by molar-refractivity contribution is 0.629. The van der Waals surface area contributed by atoms with Gasteiger partial charge >= 0.3 is 0 Å². The highest BCUT2D eigenvalue weighted by Crippen LogP contribution is 2.26. The van der Waals surface area contributed by atoms with E-state index in [4.69, 9.17) is 5.73 Å². The van der Waals surface area contributed by atoms with Gasteiger partial charge in [0.15, 0.2) is 11.5 Å². The summed E-state index contributed by atoms with van der Waals surface area (Å²) in [5.41, 5.74) is 7.63. The van der Waals surface area contributed by atoms with Gasteiger partial charge in [-0.25, -0.2) is 4.98 Å². The molecule has 3 aromatic rings. The standard InChI is InChI=1S/C13H15BrN6/c1-7(2)5-9-11-12(15)17-18-13(11)20(19-9)10-4-3-8(14)6-16-10/h3-4,6-7H,5H2,1-2H3,(H3,15,17,18). The van der Waals surface area contributed by atoms with Gasteiger partial charge in [0, 0.05) is 10.7 Å². The Labute approximate surface area is 124 Å². The minimum atomic E-state index is 0.494. The maximum absolute atomic E-state index is 5.97. The van der Waals surface area contributed by atoms with Crippen molar-refractivity contribution in [3.8, 4) is 5.82 Å². The number of aromatic amines is 1. The van der Waals surface area contributed by atoms with Crippen LogP contribution < -0.4 is 5.73 Å². The third-order valence-corrected chi connectivity index (χ3v) is 3.48. The molecule has 6 nitrogen and oxygen atoms in total. The zero-order valence-electron chi connectivity index (χ0n) is 11.3.